The van der Waals surface area contributed by atoms with Crippen LogP contribution in [0.15, 0.2) is 176 Å². The summed E-state index contributed by atoms with van der Waals surface area (Å²) < 4.78 is 7.04. The molecule has 4 heterocycles. The molecule has 246 valence electrons. The van der Waals surface area contributed by atoms with Crippen LogP contribution in [0.4, 0.5) is 0 Å². The molecule has 0 N–H and O–H groups in total. The maximum Gasteiger partial charge on any atom is 0.0991 e. The molecule has 0 fully saturated rings. The van der Waals surface area contributed by atoms with Crippen molar-refractivity contribution >= 4 is 65.4 Å². The second kappa shape index (κ2) is 11.3. The highest BCUT2D eigenvalue weighted by Crippen LogP contribution is 2.40. The zero-order valence-electron chi connectivity index (χ0n) is 28.5. The van der Waals surface area contributed by atoms with Crippen LogP contribution in [-0.4, -0.2) is 18.7 Å². The molecule has 0 aliphatic rings. The molecular weight excluding hydrogens is 647 g/mol. The van der Waals surface area contributed by atoms with Crippen LogP contribution < -0.4 is 0 Å². The number of nitriles is 1. The van der Waals surface area contributed by atoms with Crippen molar-refractivity contribution in [2.75, 3.05) is 0 Å². The fraction of sp³-hybridized carbons (Fsp3) is 0. The first-order chi connectivity index (χ1) is 26.2. The Labute approximate surface area is 304 Å². The highest BCUT2D eigenvalue weighted by Gasteiger charge is 2.19. The normalized spacial score (nSPS) is 11.8. The van der Waals surface area contributed by atoms with Gasteiger partial charge in [0.1, 0.15) is 0 Å². The van der Waals surface area contributed by atoms with Crippen LogP contribution in [0.3, 0.4) is 0 Å². The fourth-order valence-corrected chi connectivity index (χ4v) is 8.43. The van der Waals surface area contributed by atoms with E-state index in [-0.39, 0.29) is 0 Å². The van der Waals surface area contributed by atoms with Crippen LogP contribution in [0.2, 0.25) is 0 Å². The monoisotopic (exact) mass is 675 g/mol. The van der Waals surface area contributed by atoms with Crippen molar-refractivity contribution in [2.45, 2.75) is 0 Å². The summed E-state index contributed by atoms with van der Waals surface area (Å²) in [6, 6.07) is 60.4. The second-order valence-electron chi connectivity index (χ2n) is 13.6. The Morgan fingerprint density at radius 1 is 0.377 bits per heavy atom. The molecule has 0 amide bonds. The number of fused-ring (bicyclic) bond motifs is 9. The minimum atomic E-state index is 0.661. The van der Waals surface area contributed by atoms with Crippen LogP contribution in [0.5, 0.6) is 0 Å². The lowest BCUT2D eigenvalue weighted by molar-refractivity contribution is 1.16. The Kier molecular flexibility index (Phi) is 6.25. The molecule has 4 aromatic heterocycles. The Hall–Kier alpha value is -7.42. The van der Waals surface area contributed by atoms with Crippen molar-refractivity contribution < 1.29 is 0 Å². The zero-order valence-corrected chi connectivity index (χ0v) is 28.5. The van der Waals surface area contributed by atoms with Gasteiger partial charge in [0.15, 0.2) is 0 Å². The van der Waals surface area contributed by atoms with E-state index in [0.29, 0.717) is 5.56 Å². The van der Waals surface area contributed by atoms with E-state index in [0.717, 1.165) is 61.0 Å². The summed E-state index contributed by atoms with van der Waals surface area (Å²) in [4.78, 5) is 4.60. The minimum absolute atomic E-state index is 0.661. The molecule has 0 saturated carbocycles. The predicted octanol–water partition coefficient (Wildman–Crippen LogP) is 11.9. The average Bonchev–Trinajstić information content (AvgIpc) is 3.85. The van der Waals surface area contributed by atoms with E-state index in [4.69, 9.17) is 0 Å². The summed E-state index contributed by atoms with van der Waals surface area (Å²) in [5, 5.41) is 16.7. The van der Waals surface area contributed by atoms with Crippen molar-refractivity contribution in [2.24, 2.45) is 0 Å². The standard InChI is InChI=1S/C48H29N5/c49-29-31-20-21-45-40(24-31)37-16-4-7-19-44(37)52(45)35-14-8-10-32(25-35)33-11-9-15-36(26-33)53-47-28-46-41(27-42(47)39-22-23-50-30-48(39)53)38-17-5-6-18-43(38)51(46)34-12-2-1-3-13-34/h1-28,30H. The van der Waals surface area contributed by atoms with E-state index in [2.05, 4.69) is 176 Å². The first-order valence-electron chi connectivity index (χ1n) is 17.8. The van der Waals surface area contributed by atoms with Gasteiger partial charge in [0, 0.05) is 55.6 Å². The van der Waals surface area contributed by atoms with Gasteiger partial charge in [-0.25, -0.2) is 0 Å². The summed E-state index contributed by atoms with van der Waals surface area (Å²) in [5.74, 6) is 0. The van der Waals surface area contributed by atoms with E-state index in [1.54, 1.807) is 0 Å². The van der Waals surface area contributed by atoms with Crippen LogP contribution >= 0.6 is 0 Å². The first kappa shape index (κ1) is 29.3. The summed E-state index contributed by atoms with van der Waals surface area (Å²) in [6.07, 6.45) is 3.87. The smallest absolute Gasteiger partial charge is 0.0991 e. The second-order valence-corrected chi connectivity index (χ2v) is 13.6. The molecule has 53 heavy (non-hydrogen) atoms. The van der Waals surface area contributed by atoms with Gasteiger partial charge >= 0.3 is 0 Å². The molecule has 0 atom stereocenters. The molecule has 5 heteroatoms. The Morgan fingerprint density at radius 2 is 0.906 bits per heavy atom. The zero-order chi connectivity index (χ0) is 35.0. The molecular formula is C48H29N5. The molecule has 7 aromatic carbocycles. The Balaban J connectivity index is 1.12. The highest BCUT2D eigenvalue weighted by molar-refractivity contribution is 6.19. The van der Waals surface area contributed by atoms with Gasteiger partial charge in [-0.05, 0) is 96.1 Å². The first-order valence-corrected chi connectivity index (χ1v) is 17.8. The van der Waals surface area contributed by atoms with E-state index in [1.165, 1.54) is 32.6 Å². The number of hydrogen-bond acceptors (Lipinski definition) is 2. The lowest BCUT2D eigenvalue weighted by atomic mass is 10.0. The van der Waals surface area contributed by atoms with Crippen LogP contribution in [-0.2, 0) is 0 Å². The van der Waals surface area contributed by atoms with Crippen LogP contribution in [0.1, 0.15) is 5.56 Å². The van der Waals surface area contributed by atoms with Gasteiger partial charge in [0.2, 0.25) is 0 Å². The van der Waals surface area contributed by atoms with Crippen molar-refractivity contribution in [3.8, 4) is 34.3 Å². The Morgan fingerprint density at radius 3 is 1.57 bits per heavy atom. The lowest BCUT2D eigenvalue weighted by Crippen LogP contribution is -1.97. The third-order valence-electron chi connectivity index (χ3n) is 10.7. The molecule has 0 aliphatic heterocycles. The number of benzene rings is 7. The number of hydrogen-bond donors (Lipinski definition) is 0. The molecule has 11 rings (SSSR count). The maximum absolute atomic E-state index is 9.64. The summed E-state index contributed by atoms with van der Waals surface area (Å²) in [5.41, 5.74) is 12.9. The largest absolute Gasteiger partial charge is 0.309 e. The topological polar surface area (TPSA) is 51.5 Å². The van der Waals surface area contributed by atoms with E-state index >= 15 is 0 Å². The average molecular weight is 676 g/mol. The molecule has 0 radical (unpaired) electrons. The summed E-state index contributed by atoms with van der Waals surface area (Å²) in [7, 11) is 0. The molecule has 0 saturated heterocycles. The van der Waals surface area contributed by atoms with Gasteiger partial charge in [-0.2, -0.15) is 5.26 Å². The minimum Gasteiger partial charge on any atom is -0.309 e. The summed E-state index contributed by atoms with van der Waals surface area (Å²) >= 11 is 0. The number of aromatic nitrogens is 4. The molecule has 0 aliphatic carbocycles. The SMILES string of the molecule is N#Cc1ccc2c(c1)c1ccccc1n2-c1cccc(-c2cccc(-n3c4cnccc4c4cc5c6ccccc6n(-c6ccccc6)c5cc43)c2)c1. The van der Waals surface area contributed by atoms with Crippen molar-refractivity contribution in [3.05, 3.63) is 182 Å². The van der Waals surface area contributed by atoms with Gasteiger partial charge in [-0.15, -0.1) is 0 Å². The molecule has 5 nitrogen and oxygen atoms in total. The Bertz CT molecular complexity index is 3300. The molecule has 11 aromatic rings. The third kappa shape index (κ3) is 4.33. The van der Waals surface area contributed by atoms with Gasteiger partial charge in [-0.3, -0.25) is 4.98 Å². The van der Waals surface area contributed by atoms with Crippen molar-refractivity contribution in [1.29, 1.82) is 5.26 Å². The van der Waals surface area contributed by atoms with Crippen LogP contribution in [0.25, 0.3) is 93.6 Å². The van der Waals surface area contributed by atoms with Gasteiger partial charge in [-0.1, -0.05) is 78.9 Å². The van der Waals surface area contributed by atoms with Crippen molar-refractivity contribution in [1.82, 2.24) is 18.7 Å². The van der Waals surface area contributed by atoms with E-state index < -0.39 is 0 Å². The molecule has 0 bridgehead atoms. The predicted molar refractivity (Wildman–Crippen MR) is 217 cm³/mol. The van der Waals surface area contributed by atoms with Gasteiger partial charge < -0.3 is 13.7 Å². The van der Waals surface area contributed by atoms with Crippen LogP contribution in [0, 0.1) is 11.3 Å². The molecule has 0 unspecified atom stereocenters. The van der Waals surface area contributed by atoms with E-state index in [9.17, 15) is 5.26 Å². The highest BCUT2D eigenvalue weighted by atomic mass is 15.0. The van der Waals surface area contributed by atoms with Crippen molar-refractivity contribution in [3.63, 3.8) is 0 Å². The van der Waals surface area contributed by atoms with Gasteiger partial charge in [0.05, 0.1) is 50.9 Å². The van der Waals surface area contributed by atoms with E-state index in [1.807, 2.05) is 24.5 Å². The fourth-order valence-electron chi connectivity index (χ4n) is 8.43. The number of pyridine rings is 1. The number of para-hydroxylation sites is 3. The quantitative estimate of drug-likeness (QED) is 0.186. The number of rotatable bonds is 4. The third-order valence-corrected chi connectivity index (χ3v) is 10.7. The molecule has 0 spiro atoms. The lowest BCUT2D eigenvalue weighted by Gasteiger charge is -2.13. The number of nitrogens with zero attached hydrogens (tertiary/aromatic N) is 5. The maximum atomic E-state index is 9.64. The van der Waals surface area contributed by atoms with Gasteiger partial charge in [0.25, 0.3) is 0 Å². The summed E-state index contributed by atoms with van der Waals surface area (Å²) in [6.45, 7) is 0.